The van der Waals surface area contributed by atoms with Crippen LogP contribution in [0.1, 0.15) is 13.3 Å². The Bertz CT molecular complexity index is 324. The van der Waals surface area contributed by atoms with E-state index in [0.717, 1.165) is 15.1 Å². The molecule has 1 amide bonds. The van der Waals surface area contributed by atoms with Gasteiger partial charge in [0, 0.05) is 11.3 Å². The van der Waals surface area contributed by atoms with Crippen LogP contribution in [0.5, 0.6) is 0 Å². The second-order valence-electron chi connectivity index (χ2n) is 2.80. The number of hydrogen-bond acceptors (Lipinski definition) is 3. The number of thioether (sulfide) groups is 1. The second kappa shape index (κ2) is 3.38. The van der Waals surface area contributed by atoms with Gasteiger partial charge in [-0.1, -0.05) is 17.8 Å². The minimum atomic E-state index is -0.199. The Morgan fingerprint density at radius 3 is 3.00 bits per heavy atom. The Kier molecular flexibility index (Phi) is 2.38. The fourth-order valence-corrected chi connectivity index (χ4v) is 2.77. The Hall–Kier alpha value is -0.420. The van der Waals surface area contributed by atoms with E-state index in [9.17, 15) is 4.79 Å². The zero-order valence-electron chi connectivity index (χ0n) is 6.96. The van der Waals surface area contributed by atoms with E-state index in [1.54, 1.807) is 11.8 Å². The van der Waals surface area contributed by atoms with E-state index >= 15 is 0 Å². The van der Waals surface area contributed by atoms with E-state index < -0.39 is 0 Å². The van der Waals surface area contributed by atoms with E-state index in [2.05, 4.69) is 21.2 Å². The summed E-state index contributed by atoms with van der Waals surface area (Å²) < 4.78 is 6.40. The van der Waals surface area contributed by atoms with Gasteiger partial charge in [0.05, 0.1) is 3.81 Å². The van der Waals surface area contributed by atoms with Crippen molar-refractivity contribution in [2.75, 3.05) is 0 Å². The zero-order valence-corrected chi connectivity index (χ0v) is 9.37. The molecule has 2 rings (SSSR count). The summed E-state index contributed by atoms with van der Waals surface area (Å²) in [5, 5.41) is 2.69. The van der Waals surface area contributed by atoms with Crippen LogP contribution in [0.3, 0.4) is 0 Å². The normalized spacial score (nSPS) is 32.9. The average Bonchev–Trinajstić information content (AvgIpc) is 2.58. The molecule has 1 saturated heterocycles. The fraction of sp³-hybridized carbons (Fsp3) is 0.375. The van der Waals surface area contributed by atoms with Crippen molar-refractivity contribution in [2.24, 2.45) is 0 Å². The molecule has 0 spiro atoms. The van der Waals surface area contributed by atoms with E-state index in [1.807, 2.05) is 13.0 Å². The van der Waals surface area contributed by atoms with Crippen molar-refractivity contribution in [3.05, 3.63) is 20.6 Å². The van der Waals surface area contributed by atoms with Crippen LogP contribution in [0.25, 0.3) is 0 Å². The van der Waals surface area contributed by atoms with Gasteiger partial charge < -0.3 is 10.1 Å². The van der Waals surface area contributed by atoms with Crippen LogP contribution >= 0.6 is 27.7 Å². The summed E-state index contributed by atoms with van der Waals surface area (Å²) in [5.41, 5.74) is 0. The van der Waals surface area contributed by atoms with Crippen LogP contribution in [0.4, 0.5) is 0 Å². The Morgan fingerprint density at radius 1 is 1.77 bits per heavy atom. The first-order chi connectivity index (χ1) is 6.16. The van der Waals surface area contributed by atoms with E-state index in [4.69, 9.17) is 4.74 Å². The quantitative estimate of drug-likeness (QED) is 0.679. The lowest BCUT2D eigenvalue weighted by Gasteiger charge is -2.02. The number of rotatable bonds is 0. The Labute approximate surface area is 88.7 Å². The highest BCUT2D eigenvalue weighted by Crippen LogP contribution is 2.42. The standard InChI is InChI=1S/C8H8BrNO2S/c1-4-10-8(11)7(12-4)5-2-3-6(9)13-5/h3-4H,2H2,1H3,(H,10,11). The molecule has 0 aromatic heterocycles. The summed E-state index contributed by atoms with van der Waals surface area (Å²) in [6, 6.07) is 0. The first kappa shape index (κ1) is 9.15. The number of halogens is 1. The monoisotopic (exact) mass is 261 g/mol. The second-order valence-corrected chi connectivity index (χ2v) is 5.32. The largest absolute Gasteiger partial charge is 0.464 e. The number of hydrogen-bond donors (Lipinski definition) is 1. The highest BCUT2D eigenvalue weighted by molar-refractivity contribution is 9.14. The first-order valence-electron chi connectivity index (χ1n) is 3.91. The molecule has 0 aromatic carbocycles. The molecule has 0 bridgehead atoms. The predicted molar refractivity (Wildman–Crippen MR) is 54.9 cm³/mol. The first-order valence-corrected chi connectivity index (χ1v) is 5.52. The van der Waals surface area contributed by atoms with Crippen LogP contribution < -0.4 is 5.32 Å². The summed E-state index contributed by atoms with van der Waals surface area (Å²) in [6.45, 7) is 1.81. The summed E-state index contributed by atoms with van der Waals surface area (Å²) in [7, 11) is 0. The molecule has 0 saturated carbocycles. The molecule has 70 valence electrons. The smallest absolute Gasteiger partial charge is 0.290 e. The minimum absolute atomic E-state index is 0.106. The van der Waals surface area contributed by atoms with Gasteiger partial charge in [0.1, 0.15) is 0 Å². The molecule has 1 fully saturated rings. The maximum atomic E-state index is 11.3. The number of amides is 1. The summed E-state index contributed by atoms with van der Waals surface area (Å²) in [5.74, 6) is 0.369. The lowest BCUT2D eigenvalue weighted by atomic mass is 10.3. The number of allylic oxidation sites excluding steroid dienone is 2. The van der Waals surface area contributed by atoms with Gasteiger partial charge in [0.25, 0.3) is 5.91 Å². The molecule has 1 unspecified atom stereocenters. The van der Waals surface area contributed by atoms with Gasteiger partial charge in [-0.15, -0.1) is 0 Å². The maximum Gasteiger partial charge on any atom is 0.290 e. The van der Waals surface area contributed by atoms with Crippen molar-refractivity contribution in [3.8, 4) is 0 Å². The third kappa shape index (κ3) is 1.76. The zero-order chi connectivity index (χ0) is 9.42. The summed E-state index contributed by atoms with van der Waals surface area (Å²) in [4.78, 5) is 12.3. The third-order valence-corrected chi connectivity index (χ3v) is 3.53. The van der Waals surface area contributed by atoms with E-state index in [-0.39, 0.29) is 12.1 Å². The van der Waals surface area contributed by atoms with Crippen LogP contribution in [0.2, 0.25) is 0 Å². The lowest BCUT2D eigenvalue weighted by molar-refractivity contribution is -0.116. The number of carbonyl (C=O) groups excluding carboxylic acids is 1. The fourth-order valence-electron chi connectivity index (χ4n) is 1.22. The molecule has 0 radical (unpaired) electrons. The van der Waals surface area contributed by atoms with Gasteiger partial charge in [-0.25, -0.2) is 0 Å². The number of ether oxygens (including phenoxy) is 1. The van der Waals surface area contributed by atoms with Crippen molar-refractivity contribution in [1.29, 1.82) is 0 Å². The molecule has 2 aliphatic rings. The highest BCUT2D eigenvalue weighted by Gasteiger charge is 2.29. The molecule has 2 aliphatic heterocycles. The molecule has 5 heteroatoms. The number of carbonyl (C=O) groups is 1. The van der Waals surface area contributed by atoms with Crippen LogP contribution in [-0.2, 0) is 9.53 Å². The van der Waals surface area contributed by atoms with Gasteiger partial charge in [-0.05, 0) is 22.9 Å². The SMILES string of the molecule is CC1NC(=O)C(=C2CC=C(Br)S2)O1. The summed E-state index contributed by atoms with van der Waals surface area (Å²) in [6.07, 6.45) is 2.60. The van der Waals surface area contributed by atoms with Crippen molar-refractivity contribution in [2.45, 2.75) is 19.6 Å². The van der Waals surface area contributed by atoms with Crippen molar-refractivity contribution in [3.63, 3.8) is 0 Å². The molecular formula is C8H8BrNO2S. The van der Waals surface area contributed by atoms with Crippen LogP contribution in [-0.4, -0.2) is 12.1 Å². The van der Waals surface area contributed by atoms with Crippen LogP contribution in [0.15, 0.2) is 20.6 Å². The molecular weight excluding hydrogens is 254 g/mol. The van der Waals surface area contributed by atoms with Crippen molar-refractivity contribution < 1.29 is 9.53 Å². The highest BCUT2D eigenvalue weighted by atomic mass is 79.9. The minimum Gasteiger partial charge on any atom is -0.464 e. The lowest BCUT2D eigenvalue weighted by Crippen LogP contribution is -2.22. The van der Waals surface area contributed by atoms with Gasteiger partial charge in [0.15, 0.2) is 12.0 Å². The molecule has 13 heavy (non-hydrogen) atoms. The Balaban J connectivity index is 2.21. The topological polar surface area (TPSA) is 38.3 Å². The van der Waals surface area contributed by atoms with E-state index in [0.29, 0.717) is 5.76 Å². The predicted octanol–water partition coefficient (Wildman–Crippen LogP) is 2.06. The maximum absolute atomic E-state index is 11.3. The molecule has 0 aliphatic carbocycles. The third-order valence-electron chi connectivity index (χ3n) is 1.76. The summed E-state index contributed by atoms with van der Waals surface area (Å²) >= 11 is 4.90. The van der Waals surface area contributed by atoms with Crippen LogP contribution in [0, 0.1) is 0 Å². The molecule has 3 nitrogen and oxygen atoms in total. The van der Waals surface area contributed by atoms with Crippen molar-refractivity contribution >= 4 is 33.6 Å². The number of nitrogens with one attached hydrogen (secondary N) is 1. The van der Waals surface area contributed by atoms with Gasteiger partial charge in [-0.3, -0.25) is 4.79 Å². The molecule has 0 aromatic rings. The Morgan fingerprint density at radius 2 is 2.54 bits per heavy atom. The average molecular weight is 262 g/mol. The van der Waals surface area contributed by atoms with Crippen molar-refractivity contribution in [1.82, 2.24) is 5.32 Å². The molecule has 2 heterocycles. The van der Waals surface area contributed by atoms with Gasteiger partial charge in [0.2, 0.25) is 0 Å². The molecule has 1 N–H and O–H groups in total. The molecule has 1 atom stereocenters. The van der Waals surface area contributed by atoms with Gasteiger partial charge >= 0.3 is 0 Å². The van der Waals surface area contributed by atoms with E-state index in [1.165, 1.54) is 0 Å². The van der Waals surface area contributed by atoms with Gasteiger partial charge in [-0.2, -0.15) is 0 Å².